The van der Waals surface area contributed by atoms with Crippen LogP contribution in [0.15, 0.2) is 42.5 Å². The van der Waals surface area contributed by atoms with E-state index in [1.807, 2.05) is 17.9 Å². The van der Waals surface area contributed by atoms with Gasteiger partial charge in [0.1, 0.15) is 5.75 Å². The molecule has 1 heterocycles. The third-order valence-electron chi connectivity index (χ3n) is 4.26. The zero-order valence-electron chi connectivity index (χ0n) is 14.6. The molecular formula is C20H21ClN2O3. The minimum absolute atomic E-state index is 0.0424. The molecule has 3 rings (SSSR count). The predicted octanol–water partition coefficient (Wildman–Crippen LogP) is 3.90. The molecule has 0 radical (unpaired) electrons. The fourth-order valence-corrected chi connectivity index (χ4v) is 3.14. The van der Waals surface area contributed by atoms with Gasteiger partial charge in [0.25, 0.3) is 11.8 Å². The Morgan fingerprint density at radius 3 is 2.46 bits per heavy atom. The summed E-state index contributed by atoms with van der Waals surface area (Å²) in [6, 6.07) is 12.3. The van der Waals surface area contributed by atoms with Crippen molar-refractivity contribution in [3.05, 3.63) is 58.6 Å². The molecule has 0 saturated carbocycles. The molecule has 6 heteroatoms. The highest BCUT2D eigenvalue weighted by atomic mass is 35.5. The van der Waals surface area contributed by atoms with Gasteiger partial charge in [0.15, 0.2) is 6.61 Å². The van der Waals surface area contributed by atoms with Crippen LogP contribution in [-0.2, 0) is 4.79 Å². The Labute approximate surface area is 157 Å². The predicted molar refractivity (Wildman–Crippen MR) is 102 cm³/mol. The molecule has 1 saturated heterocycles. The molecule has 5 nitrogen and oxygen atoms in total. The summed E-state index contributed by atoms with van der Waals surface area (Å²) in [5.74, 6) is 0.280. The van der Waals surface area contributed by atoms with Crippen LogP contribution in [0, 0.1) is 6.92 Å². The lowest BCUT2D eigenvalue weighted by atomic mass is 10.2. The average Bonchev–Trinajstić information content (AvgIpc) is 3.17. The van der Waals surface area contributed by atoms with Gasteiger partial charge in [0, 0.05) is 18.7 Å². The smallest absolute Gasteiger partial charge is 0.262 e. The number of nitrogens with one attached hydrogen (secondary N) is 1. The highest BCUT2D eigenvalue weighted by Crippen LogP contribution is 2.22. The molecule has 2 aromatic rings. The number of hydrogen-bond donors (Lipinski definition) is 1. The Balaban J connectivity index is 1.52. The van der Waals surface area contributed by atoms with E-state index in [-0.39, 0.29) is 18.4 Å². The normalized spacial score (nSPS) is 13.5. The molecule has 1 N–H and O–H groups in total. The molecule has 0 spiro atoms. The standard InChI is InChI=1S/C20H21ClN2O3/c1-14-4-9-18(17(21)12-14)22-19(24)13-26-16-7-5-15(6-8-16)20(25)23-10-2-3-11-23/h4-9,12H,2-3,10-11,13H2,1H3,(H,22,24). The van der Waals surface area contributed by atoms with Crippen LogP contribution in [0.5, 0.6) is 5.75 Å². The number of hydrogen-bond acceptors (Lipinski definition) is 3. The Morgan fingerprint density at radius 1 is 1.12 bits per heavy atom. The van der Waals surface area contributed by atoms with Crippen LogP contribution in [0.25, 0.3) is 0 Å². The van der Waals surface area contributed by atoms with Crippen molar-refractivity contribution >= 4 is 29.1 Å². The van der Waals surface area contributed by atoms with Crippen LogP contribution in [0.3, 0.4) is 0 Å². The zero-order valence-corrected chi connectivity index (χ0v) is 15.4. The number of amides is 2. The van der Waals surface area contributed by atoms with Crippen molar-refractivity contribution in [2.24, 2.45) is 0 Å². The van der Waals surface area contributed by atoms with Gasteiger partial charge < -0.3 is 15.0 Å². The molecule has 26 heavy (non-hydrogen) atoms. The van der Waals surface area contributed by atoms with E-state index in [0.717, 1.165) is 31.5 Å². The summed E-state index contributed by atoms with van der Waals surface area (Å²) in [6.07, 6.45) is 2.13. The second-order valence-corrected chi connectivity index (χ2v) is 6.75. The molecule has 0 bridgehead atoms. The van der Waals surface area contributed by atoms with Gasteiger partial charge in [-0.25, -0.2) is 0 Å². The van der Waals surface area contributed by atoms with Gasteiger partial charge in [0.05, 0.1) is 10.7 Å². The lowest BCUT2D eigenvalue weighted by molar-refractivity contribution is -0.118. The largest absolute Gasteiger partial charge is 0.484 e. The fraction of sp³-hybridized carbons (Fsp3) is 0.300. The van der Waals surface area contributed by atoms with Crippen molar-refractivity contribution in [1.82, 2.24) is 4.90 Å². The van der Waals surface area contributed by atoms with Crippen molar-refractivity contribution in [3.63, 3.8) is 0 Å². The first kappa shape index (κ1) is 18.3. The van der Waals surface area contributed by atoms with Crippen LogP contribution in [0.4, 0.5) is 5.69 Å². The summed E-state index contributed by atoms with van der Waals surface area (Å²) < 4.78 is 5.48. The number of likely N-dealkylation sites (tertiary alicyclic amines) is 1. The van der Waals surface area contributed by atoms with Crippen LogP contribution in [-0.4, -0.2) is 36.4 Å². The van der Waals surface area contributed by atoms with E-state index in [1.165, 1.54) is 0 Å². The van der Waals surface area contributed by atoms with Crippen LogP contribution in [0.2, 0.25) is 5.02 Å². The van der Waals surface area contributed by atoms with E-state index >= 15 is 0 Å². The van der Waals surface area contributed by atoms with Gasteiger partial charge in [-0.15, -0.1) is 0 Å². The highest BCUT2D eigenvalue weighted by molar-refractivity contribution is 6.33. The highest BCUT2D eigenvalue weighted by Gasteiger charge is 2.19. The number of benzene rings is 2. The Kier molecular flexibility index (Phi) is 5.78. The number of carbonyl (C=O) groups is 2. The first-order valence-electron chi connectivity index (χ1n) is 8.61. The quantitative estimate of drug-likeness (QED) is 0.865. The molecule has 2 amide bonds. The van der Waals surface area contributed by atoms with Gasteiger partial charge in [-0.05, 0) is 61.7 Å². The summed E-state index contributed by atoms with van der Waals surface area (Å²) >= 11 is 6.10. The number of nitrogens with zero attached hydrogens (tertiary/aromatic N) is 1. The number of halogens is 1. The number of aryl methyl sites for hydroxylation is 1. The van der Waals surface area contributed by atoms with E-state index < -0.39 is 0 Å². The molecule has 1 fully saturated rings. The minimum Gasteiger partial charge on any atom is -0.484 e. The Morgan fingerprint density at radius 2 is 1.81 bits per heavy atom. The second kappa shape index (κ2) is 8.23. The SMILES string of the molecule is Cc1ccc(NC(=O)COc2ccc(C(=O)N3CCCC3)cc2)c(Cl)c1. The number of rotatable bonds is 5. The van der Waals surface area contributed by atoms with Gasteiger partial charge >= 0.3 is 0 Å². The van der Waals surface area contributed by atoms with E-state index in [9.17, 15) is 9.59 Å². The maximum absolute atomic E-state index is 12.3. The maximum Gasteiger partial charge on any atom is 0.262 e. The van der Waals surface area contributed by atoms with Crippen LogP contribution < -0.4 is 10.1 Å². The monoisotopic (exact) mass is 372 g/mol. The van der Waals surface area contributed by atoms with Crippen molar-refractivity contribution in [3.8, 4) is 5.75 Å². The summed E-state index contributed by atoms with van der Waals surface area (Å²) in [5, 5.41) is 3.21. The zero-order chi connectivity index (χ0) is 18.5. The van der Waals surface area contributed by atoms with Crippen molar-refractivity contribution in [2.75, 3.05) is 25.0 Å². The number of ether oxygens (including phenoxy) is 1. The molecule has 0 aliphatic carbocycles. The van der Waals surface area contributed by atoms with Crippen molar-refractivity contribution in [2.45, 2.75) is 19.8 Å². The first-order valence-corrected chi connectivity index (χ1v) is 8.99. The van der Waals surface area contributed by atoms with Gasteiger partial charge in [0.2, 0.25) is 0 Å². The summed E-state index contributed by atoms with van der Waals surface area (Å²) in [4.78, 5) is 26.2. The lowest BCUT2D eigenvalue weighted by Gasteiger charge is -2.15. The fourth-order valence-electron chi connectivity index (χ4n) is 2.85. The molecule has 1 aliphatic rings. The van der Waals surface area contributed by atoms with E-state index in [2.05, 4.69) is 5.32 Å². The summed E-state index contributed by atoms with van der Waals surface area (Å²) in [5.41, 5.74) is 2.21. The third kappa shape index (κ3) is 4.55. The molecule has 2 aromatic carbocycles. The topological polar surface area (TPSA) is 58.6 Å². The lowest BCUT2D eigenvalue weighted by Crippen LogP contribution is -2.27. The van der Waals surface area contributed by atoms with E-state index in [0.29, 0.717) is 22.0 Å². The summed E-state index contributed by atoms with van der Waals surface area (Å²) in [6.45, 7) is 3.43. The third-order valence-corrected chi connectivity index (χ3v) is 4.58. The molecule has 1 aliphatic heterocycles. The van der Waals surface area contributed by atoms with Gasteiger partial charge in [-0.3, -0.25) is 9.59 Å². The molecule has 0 atom stereocenters. The first-order chi connectivity index (χ1) is 12.5. The van der Waals surface area contributed by atoms with Crippen LogP contribution >= 0.6 is 11.6 Å². The number of carbonyl (C=O) groups excluding carboxylic acids is 2. The van der Waals surface area contributed by atoms with E-state index in [4.69, 9.17) is 16.3 Å². The second-order valence-electron chi connectivity index (χ2n) is 6.34. The Bertz CT molecular complexity index is 799. The molecule has 136 valence electrons. The van der Waals surface area contributed by atoms with Gasteiger partial charge in [-0.1, -0.05) is 17.7 Å². The maximum atomic E-state index is 12.3. The van der Waals surface area contributed by atoms with E-state index in [1.54, 1.807) is 36.4 Å². The van der Waals surface area contributed by atoms with Crippen molar-refractivity contribution < 1.29 is 14.3 Å². The molecular weight excluding hydrogens is 352 g/mol. The molecule has 0 unspecified atom stereocenters. The summed E-state index contributed by atoms with van der Waals surface area (Å²) in [7, 11) is 0. The average molecular weight is 373 g/mol. The van der Waals surface area contributed by atoms with Crippen LogP contribution in [0.1, 0.15) is 28.8 Å². The number of anilines is 1. The van der Waals surface area contributed by atoms with Gasteiger partial charge in [-0.2, -0.15) is 0 Å². The minimum atomic E-state index is -0.298. The molecule has 0 aromatic heterocycles. The Hall–Kier alpha value is -2.53. The van der Waals surface area contributed by atoms with Crippen molar-refractivity contribution in [1.29, 1.82) is 0 Å².